The van der Waals surface area contributed by atoms with Crippen molar-refractivity contribution in [2.75, 3.05) is 5.32 Å². The number of rotatable bonds is 4. The topological polar surface area (TPSA) is 42.0 Å². The standard InChI is InChI=1S/C14H20N2O/c1-11(2)9-14(6-4-7-14)13(17)16-12-5-3-8-15-10-12/h3,5,8,10-11H,4,6-7,9H2,1-2H3,(H,16,17). The Bertz CT molecular complexity index is 382. The number of carbonyl (C=O) groups is 1. The molecule has 3 heteroatoms. The molecular formula is C14H20N2O. The lowest BCUT2D eigenvalue weighted by Crippen LogP contribution is -2.42. The van der Waals surface area contributed by atoms with E-state index in [0.29, 0.717) is 5.92 Å². The Morgan fingerprint density at radius 1 is 1.53 bits per heavy atom. The van der Waals surface area contributed by atoms with E-state index in [1.807, 2.05) is 12.1 Å². The lowest BCUT2D eigenvalue weighted by Gasteiger charge is -2.41. The van der Waals surface area contributed by atoms with E-state index < -0.39 is 0 Å². The average Bonchev–Trinajstić information content (AvgIpc) is 2.24. The molecule has 17 heavy (non-hydrogen) atoms. The van der Waals surface area contributed by atoms with Crippen LogP contribution in [0.4, 0.5) is 5.69 Å². The first-order chi connectivity index (χ1) is 8.12. The van der Waals surface area contributed by atoms with Crippen LogP contribution in [0.25, 0.3) is 0 Å². The van der Waals surface area contributed by atoms with Gasteiger partial charge in [0.1, 0.15) is 0 Å². The summed E-state index contributed by atoms with van der Waals surface area (Å²) in [6, 6.07) is 3.72. The van der Waals surface area contributed by atoms with Gasteiger partial charge < -0.3 is 5.32 Å². The second-order valence-corrected chi connectivity index (χ2v) is 5.43. The number of pyridine rings is 1. The van der Waals surface area contributed by atoms with Crippen molar-refractivity contribution in [1.82, 2.24) is 4.98 Å². The van der Waals surface area contributed by atoms with Gasteiger partial charge in [-0.05, 0) is 37.3 Å². The Hall–Kier alpha value is -1.38. The van der Waals surface area contributed by atoms with E-state index in [1.54, 1.807) is 12.4 Å². The predicted molar refractivity (Wildman–Crippen MR) is 68.6 cm³/mol. The summed E-state index contributed by atoms with van der Waals surface area (Å²) in [7, 11) is 0. The van der Waals surface area contributed by atoms with E-state index in [1.165, 1.54) is 6.42 Å². The van der Waals surface area contributed by atoms with Gasteiger partial charge in [0.2, 0.25) is 5.91 Å². The van der Waals surface area contributed by atoms with Gasteiger partial charge in [0.15, 0.2) is 0 Å². The maximum atomic E-state index is 12.3. The molecule has 0 radical (unpaired) electrons. The minimum Gasteiger partial charge on any atom is -0.324 e. The van der Waals surface area contributed by atoms with Gasteiger partial charge in [-0.2, -0.15) is 0 Å². The van der Waals surface area contributed by atoms with Crippen molar-refractivity contribution < 1.29 is 4.79 Å². The van der Waals surface area contributed by atoms with Crippen molar-refractivity contribution in [2.24, 2.45) is 11.3 Å². The number of nitrogens with zero attached hydrogens (tertiary/aromatic N) is 1. The van der Waals surface area contributed by atoms with Gasteiger partial charge in [-0.15, -0.1) is 0 Å². The molecule has 0 aliphatic heterocycles. The summed E-state index contributed by atoms with van der Waals surface area (Å²) in [5, 5.41) is 2.99. The average molecular weight is 232 g/mol. The van der Waals surface area contributed by atoms with Crippen molar-refractivity contribution in [3.8, 4) is 0 Å². The van der Waals surface area contributed by atoms with Crippen LogP contribution in [-0.2, 0) is 4.79 Å². The summed E-state index contributed by atoms with van der Waals surface area (Å²) < 4.78 is 0. The molecule has 1 amide bonds. The Morgan fingerprint density at radius 3 is 2.76 bits per heavy atom. The number of hydrogen-bond donors (Lipinski definition) is 1. The molecule has 0 spiro atoms. The van der Waals surface area contributed by atoms with Crippen LogP contribution in [0.1, 0.15) is 39.5 Å². The Labute approximate surface area is 103 Å². The maximum Gasteiger partial charge on any atom is 0.230 e. The molecule has 1 fully saturated rings. The molecule has 1 heterocycles. The fourth-order valence-electron chi connectivity index (χ4n) is 2.61. The predicted octanol–water partition coefficient (Wildman–Crippen LogP) is 3.24. The minimum absolute atomic E-state index is 0.121. The van der Waals surface area contributed by atoms with Crippen LogP contribution in [0.3, 0.4) is 0 Å². The number of anilines is 1. The number of hydrogen-bond acceptors (Lipinski definition) is 2. The van der Waals surface area contributed by atoms with Crippen LogP contribution in [0.15, 0.2) is 24.5 Å². The van der Waals surface area contributed by atoms with Gasteiger partial charge in [-0.1, -0.05) is 20.3 Å². The quantitative estimate of drug-likeness (QED) is 0.866. The molecule has 2 rings (SSSR count). The third-order valence-corrected chi connectivity index (χ3v) is 3.51. The molecule has 1 saturated carbocycles. The summed E-state index contributed by atoms with van der Waals surface area (Å²) >= 11 is 0. The number of amides is 1. The van der Waals surface area contributed by atoms with E-state index in [2.05, 4.69) is 24.1 Å². The first kappa shape index (κ1) is 12.1. The normalized spacial score (nSPS) is 17.6. The fraction of sp³-hybridized carbons (Fsp3) is 0.571. The minimum atomic E-state index is -0.121. The zero-order valence-electron chi connectivity index (χ0n) is 10.6. The number of aromatic nitrogens is 1. The summed E-state index contributed by atoms with van der Waals surface area (Å²) in [5.74, 6) is 0.736. The van der Waals surface area contributed by atoms with Crippen molar-refractivity contribution >= 4 is 11.6 Å². The van der Waals surface area contributed by atoms with Crippen molar-refractivity contribution in [3.63, 3.8) is 0 Å². The first-order valence-electron chi connectivity index (χ1n) is 6.34. The molecular weight excluding hydrogens is 212 g/mol. The first-order valence-corrected chi connectivity index (χ1v) is 6.34. The molecule has 1 N–H and O–H groups in total. The van der Waals surface area contributed by atoms with E-state index in [0.717, 1.165) is 24.9 Å². The molecule has 0 saturated heterocycles. The van der Waals surface area contributed by atoms with E-state index in [4.69, 9.17) is 0 Å². The number of nitrogens with one attached hydrogen (secondary N) is 1. The molecule has 3 nitrogen and oxygen atoms in total. The van der Waals surface area contributed by atoms with Crippen LogP contribution < -0.4 is 5.32 Å². The van der Waals surface area contributed by atoms with Gasteiger partial charge in [0.05, 0.1) is 11.9 Å². The Morgan fingerprint density at radius 2 is 2.29 bits per heavy atom. The van der Waals surface area contributed by atoms with E-state index >= 15 is 0 Å². The second kappa shape index (κ2) is 4.86. The molecule has 92 valence electrons. The van der Waals surface area contributed by atoms with E-state index in [9.17, 15) is 4.79 Å². The molecule has 1 aliphatic rings. The molecule has 0 unspecified atom stereocenters. The van der Waals surface area contributed by atoms with Crippen LogP contribution in [0.2, 0.25) is 0 Å². The summed E-state index contributed by atoms with van der Waals surface area (Å²) in [4.78, 5) is 16.3. The molecule has 0 atom stereocenters. The molecule has 1 aromatic rings. The highest BCUT2D eigenvalue weighted by Crippen LogP contribution is 2.46. The highest BCUT2D eigenvalue weighted by atomic mass is 16.2. The summed E-state index contributed by atoms with van der Waals surface area (Å²) in [6.45, 7) is 4.36. The van der Waals surface area contributed by atoms with Gasteiger partial charge in [0, 0.05) is 11.6 Å². The van der Waals surface area contributed by atoms with Crippen LogP contribution in [-0.4, -0.2) is 10.9 Å². The largest absolute Gasteiger partial charge is 0.324 e. The van der Waals surface area contributed by atoms with Crippen molar-refractivity contribution in [2.45, 2.75) is 39.5 Å². The van der Waals surface area contributed by atoms with Gasteiger partial charge in [-0.3, -0.25) is 9.78 Å². The Kier molecular flexibility index (Phi) is 3.46. The van der Waals surface area contributed by atoms with Crippen LogP contribution >= 0.6 is 0 Å². The highest BCUT2D eigenvalue weighted by Gasteiger charge is 2.44. The zero-order valence-corrected chi connectivity index (χ0v) is 10.6. The smallest absolute Gasteiger partial charge is 0.230 e. The van der Waals surface area contributed by atoms with Crippen LogP contribution in [0, 0.1) is 11.3 Å². The third kappa shape index (κ3) is 2.65. The van der Waals surface area contributed by atoms with E-state index in [-0.39, 0.29) is 11.3 Å². The van der Waals surface area contributed by atoms with Gasteiger partial charge in [0.25, 0.3) is 0 Å². The molecule has 1 aliphatic carbocycles. The molecule has 1 aromatic heterocycles. The molecule has 0 bridgehead atoms. The maximum absolute atomic E-state index is 12.3. The fourth-order valence-corrected chi connectivity index (χ4v) is 2.61. The summed E-state index contributed by atoms with van der Waals surface area (Å²) in [5.41, 5.74) is 0.678. The highest BCUT2D eigenvalue weighted by molar-refractivity contribution is 5.95. The second-order valence-electron chi connectivity index (χ2n) is 5.43. The Balaban J connectivity index is 2.03. The zero-order chi connectivity index (χ0) is 12.3. The SMILES string of the molecule is CC(C)CC1(C(=O)Nc2cccnc2)CCC1. The lowest BCUT2D eigenvalue weighted by atomic mass is 9.64. The summed E-state index contributed by atoms with van der Waals surface area (Å²) in [6.07, 6.45) is 7.61. The lowest BCUT2D eigenvalue weighted by molar-refractivity contribution is -0.131. The van der Waals surface area contributed by atoms with Crippen LogP contribution in [0.5, 0.6) is 0 Å². The molecule has 0 aromatic carbocycles. The third-order valence-electron chi connectivity index (χ3n) is 3.51. The van der Waals surface area contributed by atoms with Gasteiger partial charge >= 0.3 is 0 Å². The number of carbonyl (C=O) groups excluding carboxylic acids is 1. The monoisotopic (exact) mass is 232 g/mol. The van der Waals surface area contributed by atoms with Crippen molar-refractivity contribution in [1.29, 1.82) is 0 Å². The van der Waals surface area contributed by atoms with Gasteiger partial charge in [-0.25, -0.2) is 0 Å². The van der Waals surface area contributed by atoms with Crippen molar-refractivity contribution in [3.05, 3.63) is 24.5 Å².